The van der Waals surface area contributed by atoms with E-state index in [0.717, 1.165) is 44.5 Å². The van der Waals surface area contributed by atoms with E-state index in [-0.39, 0.29) is 6.10 Å². The van der Waals surface area contributed by atoms with Crippen molar-refractivity contribution in [2.24, 2.45) is 0 Å². The van der Waals surface area contributed by atoms with E-state index < -0.39 is 0 Å². The van der Waals surface area contributed by atoms with Crippen molar-refractivity contribution >= 4 is 0 Å². The van der Waals surface area contributed by atoms with Gasteiger partial charge < -0.3 is 10.4 Å². The zero-order chi connectivity index (χ0) is 13.4. The highest BCUT2D eigenvalue weighted by molar-refractivity contribution is 4.99. The molecule has 0 bridgehead atoms. The maximum atomic E-state index is 9.14. The maximum absolute atomic E-state index is 9.14. The van der Waals surface area contributed by atoms with Gasteiger partial charge in [0.25, 0.3) is 0 Å². The Morgan fingerprint density at radius 2 is 2.11 bits per heavy atom. The van der Waals surface area contributed by atoms with Crippen LogP contribution >= 0.6 is 0 Å². The Balaban J connectivity index is 2.27. The van der Waals surface area contributed by atoms with Crippen molar-refractivity contribution in [3.05, 3.63) is 18.0 Å². The Labute approximate surface area is 110 Å². The first-order valence-electron chi connectivity index (χ1n) is 7.10. The Bertz CT molecular complexity index is 319. The minimum absolute atomic E-state index is 0.194. The third-order valence-corrected chi connectivity index (χ3v) is 3.26. The van der Waals surface area contributed by atoms with Crippen LogP contribution in [0.25, 0.3) is 0 Å². The topological polar surface area (TPSA) is 50.1 Å². The summed E-state index contributed by atoms with van der Waals surface area (Å²) in [4.78, 5) is 0. The van der Waals surface area contributed by atoms with E-state index >= 15 is 0 Å². The molecule has 0 fully saturated rings. The van der Waals surface area contributed by atoms with Crippen LogP contribution in [-0.4, -0.2) is 27.5 Å². The van der Waals surface area contributed by atoms with E-state index in [1.807, 2.05) is 6.92 Å². The van der Waals surface area contributed by atoms with Gasteiger partial charge in [-0.2, -0.15) is 5.10 Å². The summed E-state index contributed by atoms with van der Waals surface area (Å²) in [6, 6.07) is 2.61. The molecule has 0 aromatic carbocycles. The number of aliphatic hydroxyl groups excluding tert-OH is 1. The van der Waals surface area contributed by atoms with Gasteiger partial charge in [-0.15, -0.1) is 0 Å². The van der Waals surface area contributed by atoms with Gasteiger partial charge >= 0.3 is 0 Å². The highest BCUT2D eigenvalue weighted by Crippen LogP contribution is 2.14. The summed E-state index contributed by atoms with van der Waals surface area (Å²) in [6.07, 6.45) is 5.99. The molecule has 0 amide bonds. The molecule has 4 nitrogen and oxygen atoms in total. The number of nitrogens with zero attached hydrogens (tertiary/aromatic N) is 2. The Morgan fingerprint density at radius 3 is 2.72 bits per heavy atom. The molecule has 1 heterocycles. The van der Waals surface area contributed by atoms with Crippen LogP contribution in [0, 0.1) is 0 Å². The number of rotatable bonds is 9. The van der Waals surface area contributed by atoms with Crippen LogP contribution in [0.1, 0.15) is 58.2 Å². The summed E-state index contributed by atoms with van der Waals surface area (Å²) in [5.41, 5.74) is 1.10. The van der Waals surface area contributed by atoms with Crippen LogP contribution in [0.4, 0.5) is 0 Å². The molecule has 4 heteroatoms. The number of nitrogens with one attached hydrogen (secondary N) is 1. The fourth-order valence-corrected chi connectivity index (χ4v) is 2.08. The fourth-order valence-electron chi connectivity index (χ4n) is 2.08. The summed E-state index contributed by atoms with van der Waals surface area (Å²) in [5, 5.41) is 17.1. The lowest BCUT2D eigenvalue weighted by Crippen LogP contribution is -2.17. The molecule has 0 spiro atoms. The highest BCUT2D eigenvalue weighted by atomic mass is 16.3. The van der Waals surface area contributed by atoms with Crippen molar-refractivity contribution in [2.45, 2.75) is 65.1 Å². The first kappa shape index (κ1) is 15.2. The Kier molecular flexibility index (Phi) is 6.98. The summed E-state index contributed by atoms with van der Waals surface area (Å²) >= 11 is 0. The third kappa shape index (κ3) is 5.19. The highest BCUT2D eigenvalue weighted by Gasteiger charge is 2.07. The van der Waals surface area contributed by atoms with Crippen LogP contribution in [0.15, 0.2) is 12.3 Å². The van der Waals surface area contributed by atoms with Gasteiger partial charge in [-0.3, -0.25) is 4.68 Å². The molecule has 2 N–H and O–H groups in total. The second-order valence-corrected chi connectivity index (χ2v) is 4.93. The molecular weight excluding hydrogens is 226 g/mol. The van der Waals surface area contributed by atoms with Gasteiger partial charge in [0.1, 0.15) is 0 Å². The van der Waals surface area contributed by atoms with Crippen LogP contribution < -0.4 is 5.32 Å². The lowest BCUT2D eigenvalue weighted by atomic mass is 10.2. The van der Waals surface area contributed by atoms with Crippen LogP contribution in [-0.2, 0) is 6.54 Å². The normalized spacial score (nSPS) is 13.2. The predicted molar refractivity (Wildman–Crippen MR) is 74.5 cm³/mol. The average molecular weight is 253 g/mol. The quantitative estimate of drug-likeness (QED) is 0.665. The molecule has 1 atom stereocenters. The molecule has 0 radical (unpaired) electrons. The van der Waals surface area contributed by atoms with Crippen LogP contribution in [0.3, 0.4) is 0 Å². The van der Waals surface area contributed by atoms with Crippen molar-refractivity contribution in [1.82, 2.24) is 15.1 Å². The van der Waals surface area contributed by atoms with Gasteiger partial charge in [-0.25, -0.2) is 0 Å². The molecule has 1 unspecified atom stereocenters. The van der Waals surface area contributed by atoms with E-state index in [0.29, 0.717) is 6.04 Å². The first-order chi connectivity index (χ1) is 8.67. The molecule has 1 rings (SSSR count). The standard InChI is InChI=1S/C14H27N3O/c1-4-14(5-2)17-10-8-13(16-17)11-15-9-6-7-12(3)18/h8,10,12,14-15,18H,4-7,9,11H2,1-3H3. The van der Waals surface area contributed by atoms with Crippen molar-refractivity contribution < 1.29 is 5.11 Å². The minimum Gasteiger partial charge on any atom is -0.393 e. The van der Waals surface area contributed by atoms with Crippen LogP contribution in [0.2, 0.25) is 0 Å². The summed E-state index contributed by atoms with van der Waals surface area (Å²) in [7, 11) is 0. The molecule has 0 aliphatic rings. The summed E-state index contributed by atoms with van der Waals surface area (Å²) < 4.78 is 2.08. The van der Waals surface area contributed by atoms with E-state index in [1.165, 1.54) is 0 Å². The second-order valence-electron chi connectivity index (χ2n) is 4.93. The molecule has 1 aromatic heterocycles. The van der Waals surface area contributed by atoms with Crippen molar-refractivity contribution in [1.29, 1.82) is 0 Å². The fraction of sp³-hybridized carbons (Fsp3) is 0.786. The molecular formula is C14H27N3O. The van der Waals surface area contributed by atoms with Gasteiger partial charge in [0.2, 0.25) is 0 Å². The monoisotopic (exact) mass is 253 g/mol. The molecule has 0 aliphatic heterocycles. The van der Waals surface area contributed by atoms with Crippen LogP contribution in [0.5, 0.6) is 0 Å². The first-order valence-corrected chi connectivity index (χ1v) is 7.10. The second kappa shape index (κ2) is 8.27. The number of hydrogen-bond donors (Lipinski definition) is 2. The van der Waals surface area contributed by atoms with Gasteiger partial charge in [-0.1, -0.05) is 13.8 Å². The average Bonchev–Trinajstić information content (AvgIpc) is 2.79. The van der Waals surface area contributed by atoms with E-state index in [9.17, 15) is 0 Å². The molecule has 0 aliphatic carbocycles. The SMILES string of the molecule is CCC(CC)n1ccc(CNCCCC(C)O)n1. The zero-order valence-corrected chi connectivity index (χ0v) is 11.9. The maximum Gasteiger partial charge on any atom is 0.0762 e. The van der Waals surface area contributed by atoms with E-state index in [4.69, 9.17) is 5.11 Å². The molecule has 0 saturated carbocycles. The minimum atomic E-state index is -0.194. The summed E-state index contributed by atoms with van der Waals surface area (Å²) in [5.74, 6) is 0. The third-order valence-electron chi connectivity index (χ3n) is 3.26. The van der Waals surface area contributed by atoms with Crippen molar-refractivity contribution in [2.75, 3.05) is 6.54 Å². The van der Waals surface area contributed by atoms with E-state index in [2.05, 4.69) is 41.2 Å². The number of aromatic nitrogens is 2. The molecule has 1 aromatic rings. The Hall–Kier alpha value is -0.870. The van der Waals surface area contributed by atoms with Gasteiger partial charge in [-0.05, 0) is 45.2 Å². The predicted octanol–water partition coefficient (Wildman–Crippen LogP) is 2.49. The largest absolute Gasteiger partial charge is 0.393 e. The van der Waals surface area contributed by atoms with Crippen molar-refractivity contribution in [3.63, 3.8) is 0 Å². The number of aliphatic hydroxyl groups is 1. The van der Waals surface area contributed by atoms with Gasteiger partial charge in [0, 0.05) is 12.7 Å². The van der Waals surface area contributed by atoms with E-state index in [1.54, 1.807) is 0 Å². The molecule has 18 heavy (non-hydrogen) atoms. The van der Waals surface area contributed by atoms with Crippen molar-refractivity contribution in [3.8, 4) is 0 Å². The molecule has 0 saturated heterocycles. The lowest BCUT2D eigenvalue weighted by Gasteiger charge is -2.12. The smallest absolute Gasteiger partial charge is 0.0762 e. The number of hydrogen-bond acceptors (Lipinski definition) is 3. The zero-order valence-electron chi connectivity index (χ0n) is 11.9. The lowest BCUT2D eigenvalue weighted by molar-refractivity contribution is 0.181. The molecule has 104 valence electrons. The summed E-state index contributed by atoms with van der Waals surface area (Å²) in [6.45, 7) is 7.97. The Morgan fingerprint density at radius 1 is 1.39 bits per heavy atom. The van der Waals surface area contributed by atoms with Gasteiger partial charge in [0.15, 0.2) is 0 Å². The van der Waals surface area contributed by atoms with Gasteiger partial charge in [0.05, 0.1) is 17.8 Å².